The van der Waals surface area contributed by atoms with Gasteiger partial charge < -0.3 is 20.7 Å². The minimum Gasteiger partial charge on any atom is -0.399 e. The molecule has 0 aliphatic rings. The fraction of sp³-hybridized carbons (Fsp3) is 0.385. The van der Waals surface area contributed by atoms with Gasteiger partial charge in [0.2, 0.25) is 5.91 Å². The summed E-state index contributed by atoms with van der Waals surface area (Å²) in [4.78, 5) is 18.0. The Morgan fingerprint density at radius 2 is 2.35 bits per heavy atom. The highest BCUT2D eigenvalue weighted by molar-refractivity contribution is 7.22. The van der Waals surface area contributed by atoms with E-state index in [2.05, 4.69) is 10.3 Å². The Morgan fingerprint density at radius 3 is 3.10 bits per heavy atom. The smallest absolute Gasteiger partial charge is 0.239 e. The van der Waals surface area contributed by atoms with Crippen LogP contribution in [0.15, 0.2) is 18.2 Å². The molecule has 0 radical (unpaired) electrons. The van der Waals surface area contributed by atoms with Gasteiger partial charge in [-0.25, -0.2) is 4.98 Å². The Hall–Kier alpha value is -1.86. The summed E-state index contributed by atoms with van der Waals surface area (Å²) in [6.45, 7) is 1.29. The van der Waals surface area contributed by atoms with Crippen LogP contribution in [0.5, 0.6) is 0 Å². The van der Waals surface area contributed by atoms with Gasteiger partial charge in [-0.05, 0) is 18.2 Å². The molecule has 0 aliphatic heterocycles. The number of benzene rings is 1. The molecule has 1 aromatic heterocycles. The maximum atomic E-state index is 11.7. The van der Waals surface area contributed by atoms with Gasteiger partial charge in [-0.3, -0.25) is 4.79 Å². The molecule has 3 N–H and O–H groups in total. The van der Waals surface area contributed by atoms with Gasteiger partial charge in [0.25, 0.3) is 0 Å². The lowest BCUT2D eigenvalue weighted by atomic mass is 10.3. The molecule has 0 aliphatic carbocycles. The molecule has 20 heavy (non-hydrogen) atoms. The molecule has 0 atom stereocenters. The number of amides is 1. The van der Waals surface area contributed by atoms with E-state index in [1.54, 1.807) is 7.11 Å². The van der Waals surface area contributed by atoms with E-state index in [1.807, 2.05) is 30.1 Å². The van der Waals surface area contributed by atoms with Crippen LogP contribution in [0.1, 0.15) is 0 Å². The van der Waals surface area contributed by atoms with Crippen LogP contribution in [0.25, 0.3) is 10.2 Å². The van der Waals surface area contributed by atoms with Crippen molar-refractivity contribution in [2.45, 2.75) is 0 Å². The molecular formula is C13H18N4O2S. The topological polar surface area (TPSA) is 80.5 Å². The molecule has 0 fully saturated rings. The van der Waals surface area contributed by atoms with Crippen LogP contribution in [0.3, 0.4) is 0 Å². The third kappa shape index (κ3) is 3.58. The van der Waals surface area contributed by atoms with E-state index in [0.717, 1.165) is 15.3 Å². The first-order valence-corrected chi connectivity index (χ1v) is 7.04. The van der Waals surface area contributed by atoms with Gasteiger partial charge >= 0.3 is 0 Å². The molecule has 108 valence electrons. The third-order valence-electron chi connectivity index (χ3n) is 2.74. The lowest BCUT2D eigenvalue weighted by molar-refractivity contribution is -0.119. The van der Waals surface area contributed by atoms with Gasteiger partial charge in [0, 0.05) is 26.4 Å². The van der Waals surface area contributed by atoms with Crippen LogP contribution in [0.4, 0.5) is 10.8 Å². The molecule has 0 saturated carbocycles. The SMILES string of the molecule is COCCNC(=O)CN(C)c1nc2ccc(N)cc2s1. The lowest BCUT2D eigenvalue weighted by Crippen LogP contribution is -2.36. The largest absolute Gasteiger partial charge is 0.399 e. The predicted octanol–water partition coefficient (Wildman–Crippen LogP) is 1.08. The fourth-order valence-electron chi connectivity index (χ4n) is 1.72. The van der Waals surface area contributed by atoms with Crippen LogP contribution in [0, 0.1) is 0 Å². The average molecular weight is 294 g/mol. The van der Waals surface area contributed by atoms with Crippen LogP contribution < -0.4 is 16.0 Å². The zero-order chi connectivity index (χ0) is 14.5. The van der Waals surface area contributed by atoms with E-state index in [4.69, 9.17) is 10.5 Å². The van der Waals surface area contributed by atoms with Gasteiger partial charge in [-0.1, -0.05) is 11.3 Å². The number of nitrogens with one attached hydrogen (secondary N) is 1. The van der Waals surface area contributed by atoms with E-state index in [9.17, 15) is 4.79 Å². The minimum absolute atomic E-state index is 0.0525. The van der Waals surface area contributed by atoms with Crippen LogP contribution in [-0.4, -0.2) is 44.7 Å². The average Bonchev–Trinajstić information content (AvgIpc) is 2.82. The number of nitrogens with two attached hydrogens (primary N) is 1. The fourth-order valence-corrected chi connectivity index (χ4v) is 2.70. The van der Waals surface area contributed by atoms with Gasteiger partial charge in [-0.2, -0.15) is 0 Å². The first kappa shape index (κ1) is 14.5. The summed E-state index contributed by atoms with van der Waals surface area (Å²) in [5.41, 5.74) is 7.36. The van der Waals surface area contributed by atoms with E-state index < -0.39 is 0 Å². The first-order chi connectivity index (χ1) is 9.60. The Balaban J connectivity index is 2.00. The normalized spacial score (nSPS) is 10.7. The number of hydrogen-bond acceptors (Lipinski definition) is 6. The van der Waals surface area contributed by atoms with Crippen molar-refractivity contribution in [2.75, 3.05) is 44.5 Å². The van der Waals surface area contributed by atoms with Crippen molar-refractivity contribution in [1.29, 1.82) is 0 Å². The maximum Gasteiger partial charge on any atom is 0.239 e. The first-order valence-electron chi connectivity index (χ1n) is 6.23. The van der Waals surface area contributed by atoms with Crippen molar-refractivity contribution in [1.82, 2.24) is 10.3 Å². The highest BCUT2D eigenvalue weighted by atomic mass is 32.1. The molecule has 0 saturated heterocycles. The third-order valence-corrected chi connectivity index (χ3v) is 3.87. The molecular weight excluding hydrogens is 276 g/mol. The van der Waals surface area contributed by atoms with Gasteiger partial charge in [0.15, 0.2) is 5.13 Å². The number of nitrogen functional groups attached to an aromatic ring is 1. The van der Waals surface area contributed by atoms with Crippen LogP contribution in [0.2, 0.25) is 0 Å². The number of methoxy groups -OCH3 is 1. The summed E-state index contributed by atoms with van der Waals surface area (Å²) in [6.07, 6.45) is 0. The molecule has 2 rings (SSSR count). The molecule has 1 heterocycles. The van der Waals surface area contributed by atoms with Crippen molar-refractivity contribution in [3.8, 4) is 0 Å². The molecule has 0 unspecified atom stereocenters. The maximum absolute atomic E-state index is 11.7. The van der Waals surface area contributed by atoms with Crippen molar-refractivity contribution in [3.63, 3.8) is 0 Å². The Labute approximate surface area is 121 Å². The van der Waals surface area contributed by atoms with Crippen LogP contribution >= 0.6 is 11.3 Å². The quantitative estimate of drug-likeness (QED) is 0.615. The molecule has 6 nitrogen and oxygen atoms in total. The molecule has 0 bridgehead atoms. The molecule has 2 aromatic rings. The highest BCUT2D eigenvalue weighted by Gasteiger charge is 2.11. The number of nitrogens with zero attached hydrogens (tertiary/aromatic N) is 2. The van der Waals surface area contributed by atoms with E-state index in [0.29, 0.717) is 18.8 Å². The highest BCUT2D eigenvalue weighted by Crippen LogP contribution is 2.29. The number of ether oxygens (including phenoxy) is 1. The number of rotatable bonds is 6. The van der Waals surface area contributed by atoms with Crippen molar-refractivity contribution in [2.24, 2.45) is 0 Å². The molecule has 1 amide bonds. The summed E-state index contributed by atoms with van der Waals surface area (Å²) < 4.78 is 5.90. The summed E-state index contributed by atoms with van der Waals surface area (Å²) in [5, 5.41) is 3.58. The van der Waals surface area contributed by atoms with E-state index in [1.165, 1.54) is 11.3 Å². The zero-order valence-electron chi connectivity index (χ0n) is 11.5. The van der Waals surface area contributed by atoms with Gasteiger partial charge in [0.1, 0.15) is 0 Å². The second-order valence-electron chi connectivity index (χ2n) is 4.42. The number of carbonyl (C=O) groups is 1. The summed E-state index contributed by atoms with van der Waals surface area (Å²) in [5.74, 6) is -0.0525. The number of hydrogen-bond donors (Lipinski definition) is 2. The number of aromatic nitrogens is 1. The van der Waals surface area contributed by atoms with Crippen molar-refractivity contribution < 1.29 is 9.53 Å². The Bertz CT molecular complexity index is 599. The predicted molar refractivity (Wildman–Crippen MR) is 82.2 cm³/mol. The molecule has 7 heteroatoms. The number of likely N-dealkylation sites (N-methyl/N-ethyl adjacent to an activating group) is 1. The monoisotopic (exact) mass is 294 g/mol. The second-order valence-corrected chi connectivity index (χ2v) is 5.43. The molecule has 0 spiro atoms. The molecule has 1 aromatic carbocycles. The second kappa shape index (κ2) is 6.53. The Morgan fingerprint density at radius 1 is 1.55 bits per heavy atom. The lowest BCUT2D eigenvalue weighted by Gasteiger charge is -2.14. The zero-order valence-corrected chi connectivity index (χ0v) is 12.4. The van der Waals surface area contributed by atoms with Gasteiger partial charge in [0.05, 0.1) is 23.4 Å². The standard InChI is InChI=1S/C13H18N4O2S/c1-17(8-12(18)15-5-6-19-2)13-16-10-4-3-9(14)7-11(10)20-13/h3-4,7H,5-6,8,14H2,1-2H3,(H,15,18). The van der Waals surface area contributed by atoms with Crippen LogP contribution in [-0.2, 0) is 9.53 Å². The summed E-state index contributed by atoms with van der Waals surface area (Å²) in [7, 11) is 3.45. The van der Waals surface area contributed by atoms with E-state index >= 15 is 0 Å². The van der Waals surface area contributed by atoms with E-state index in [-0.39, 0.29) is 12.5 Å². The summed E-state index contributed by atoms with van der Waals surface area (Å²) in [6, 6.07) is 5.60. The van der Waals surface area contributed by atoms with Crippen molar-refractivity contribution >= 4 is 38.3 Å². The number of thiazole rings is 1. The Kier molecular flexibility index (Phi) is 4.75. The van der Waals surface area contributed by atoms with Gasteiger partial charge in [-0.15, -0.1) is 0 Å². The number of anilines is 2. The number of carbonyl (C=O) groups excluding carboxylic acids is 1. The summed E-state index contributed by atoms with van der Waals surface area (Å²) >= 11 is 1.52. The van der Waals surface area contributed by atoms with Crippen molar-refractivity contribution in [3.05, 3.63) is 18.2 Å². The minimum atomic E-state index is -0.0525. The number of fused-ring (bicyclic) bond motifs is 1.